The molecule has 0 fully saturated rings. The molecular weight excluding hydrogens is 342 g/mol. The third kappa shape index (κ3) is 4.05. The number of carbonyl (C=O) groups is 2. The minimum Gasteiger partial charge on any atom is -0.484 e. The first-order valence-corrected chi connectivity index (χ1v) is 9.17. The number of aromatic amines is 1. The number of aromatic nitrogens is 1. The minimum absolute atomic E-state index is 0.0385. The highest BCUT2D eigenvalue weighted by Crippen LogP contribution is 2.28. The van der Waals surface area contributed by atoms with E-state index in [-0.39, 0.29) is 24.3 Å². The average molecular weight is 367 g/mol. The number of amides is 2. The van der Waals surface area contributed by atoms with Gasteiger partial charge in [-0.25, -0.2) is 0 Å². The normalized spacial score (nSPS) is 13.3. The molecule has 27 heavy (non-hydrogen) atoms. The third-order valence-electron chi connectivity index (χ3n) is 4.91. The topological polar surface area (TPSA) is 83.2 Å². The number of hydrogen-bond acceptors (Lipinski definition) is 3. The summed E-state index contributed by atoms with van der Waals surface area (Å²) in [5, 5.41) is 7.62. The Labute approximate surface area is 158 Å². The fraction of sp³-hybridized carbons (Fsp3) is 0.333. The molecule has 3 rings (SSSR count). The standard InChI is InChI=1S/C21H25N3O3/c1-4-13(2)20(21(26)22-3)24-19(25)12-27-14-9-10-16-15-7-5-6-8-17(15)23-18(16)11-14/h5-11,13,20,23H,4,12H2,1-3H3,(H,22,26)(H,24,25). The summed E-state index contributed by atoms with van der Waals surface area (Å²) in [5.74, 6) is 0.124. The smallest absolute Gasteiger partial charge is 0.258 e. The molecule has 6 nitrogen and oxygen atoms in total. The van der Waals surface area contributed by atoms with E-state index in [4.69, 9.17) is 4.74 Å². The Balaban J connectivity index is 1.67. The van der Waals surface area contributed by atoms with E-state index in [1.54, 1.807) is 7.05 Å². The molecule has 3 aromatic rings. The van der Waals surface area contributed by atoms with Crippen molar-refractivity contribution in [3.05, 3.63) is 42.5 Å². The van der Waals surface area contributed by atoms with Gasteiger partial charge in [0.15, 0.2) is 6.61 Å². The van der Waals surface area contributed by atoms with Gasteiger partial charge in [0, 0.05) is 29.4 Å². The van der Waals surface area contributed by atoms with Gasteiger partial charge in [-0.2, -0.15) is 0 Å². The molecular formula is C21H25N3O3. The first-order chi connectivity index (χ1) is 13.0. The first kappa shape index (κ1) is 18.8. The molecule has 1 heterocycles. The van der Waals surface area contributed by atoms with Gasteiger partial charge in [-0.15, -0.1) is 0 Å². The highest BCUT2D eigenvalue weighted by atomic mass is 16.5. The van der Waals surface area contributed by atoms with E-state index in [2.05, 4.69) is 21.7 Å². The van der Waals surface area contributed by atoms with Crippen LogP contribution in [0.15, 0.2) is 42.5 Å². The quantitative estimate of drug-likeness (QED) is 0.600. The second-order valence-electron chi connectivity index (χ2n) is 6.71. The summed E-state index contributed by atoms with van der Waals surface area (Å²) in [6, 6.07) is 13.2. The fourth-order valence-corrected chi connectivity index (χ4v) is 3.14. The summed E-state index contributed by atoms with van der Waals surface area (Å²) in [5.41, 5.74) is 2.02. The molecule has 0 aliphatic rings. The molecule has 6 heteroatoms. The zero-order valence-corrected chi connectivity index (χ0v) is 15.8. The Morgan fingerprint density at radius 3 is 2.59 bits per heavy atom. The Hall–Kier alpha value is -3.02. The number of fused-ring (bicyclic) bond motifs is 3. The Kier molecular flexibility index (Phi) is 5.64. The Bertz CT molecular complexity index is 964. The van der Waals surface area contributed by atoms with E-state index < -0.39 is 6.04 Å². The molecule has 0 spiro atoms. The highest BCUT2D eigenvalue weighted by molar-refractivity contribution is 6.07. The van der Waals surface area contributed by atoms with Crippen molar-refractivity contribution in [1.29, 1.82) is 0 Å². The number of rotatable bonds is 7. The minimum atomic E-state index is -0.563. The van der Waals surface area contributed by atoms with Crippen molar-refractivity contribution in [2.45, 2.75) is 26.3 Å². The van der Waals surface area contributed by atoms with E-state index in [9.17, 15) is 9.59 Å². The first-order valence-electron chi connectivity index (χ1n) is 9.17. The molecule has 2 atom stereocenters. The van der Waals surface area contributed by atoms with Crippen LogP contribution in [-0.2, 0) is 9.59 Å². The van der Waals surface area contributed by atoms with Crippen molar-refractivity contribution in [1.82, 2.24) is 15.6 Å². The molecule has 0 aliphatic carbocycles. The van der Waals surface area contributed by atoms with E-state index >= 15 is 0 Å². The van der Waals surface area contributed by atoms with Gasteiger partial charge in [0.2, 0.25) is 5.91 Å². The summed E-state index contributed by atoms with van der Waals surface area (Å²) in [6.07, 6.45) is 0.788. The summed E-state index contributed by atoms with van der Waals surface area (Å²) >= 11 is 0. The van der Waals surface area contributed by atoms with E-state index in [1.165, 1.54) is 0 Å². The maximum Gasteiger partial charge on any atom is 0.258 e. The number of carbonyl (C=O) groups excluding carboxylic acids is 2. The van der Waals surface area contributed by atoms with Crippen molar-refractivity contribution >= 4 is 33.6 Å². The van der Waals surface area contributed by atoms with Crippen LogP contribution in [0.2, 0.25) is 0 Å². The average Bonchev–Trinajstić information content (AvgIpc) is 3.07. The molecule has 2 aromatic carbocycles. The van der Waals surface area contributed by atoms with Crippen LogP contribution in [0.5, 0.6) is 5.75 Å². The largest absolute Gasteiger partial charge is 0.484 e. The highest BCUT2D eigenvalue weighted by Gasteiger charge is 2.25. The zero-order valence-electron chi connectivity index (χ0n) is 15.8. The Morgan fingerprint density at radius 1 is 1.11 bits per heavy atom. The predicted octanol–water partition coefficient (Wildman–Crippen LogP) is 2.98. The van der Waals surface area contributed by atoms with Crippen LogP contribution >= 0.6 is 0 Å². The molecule has 3 N–H and O–H groups in total. The molecule has 0 saturated carbocycles. The molecule has 0 bridgehead atoms. The van der Waals surface area contributed by atoms with Crippen molar-refractivity contribution < 1.29 is 14.3 Å². The molecule has 0 radical (unpaired) electrons. The summed E-state index contributed by atoms with van der Waals surface area (Å²) in [7, 11) is 1.57. The van der Waals surface area contributed by atoms with Gasteiger partial charge in [0.25, 0.3) is 5.91 Å². The molecule has 142 valence electrons. The van der Waals surface area contributed by atoms with Gasteiger partial charge >= 0.3 is 0 Å². The van der Waals surface area contributed by atoms with Crippen LogP contribution in [0, 0.1) is 5.92 Å². The predicted molar refractivity (Wildman–Crippen MR) is 107 cm³/mol. The van der Waals surface area contributed by atoms with Crippen LogP contribution in [0.1, 0.15) is 20.3 Å². The number of benzene rings is 2. The molecule has 2 amide bonds. The van der Waals surface area contributed by atoms with Gasteiger partial charge in [0.1, 0.15) is 11.8 Å². The van der Waals surface area contributed by atoms with Gasteiger partial charge in [-0.1, -0.05) is 38.5 Å². The van der Waals surface area contributed by atoms with Crippen LogP contribution in [0.4, 0.5) is 0 Å². The summed E-state index contributed by atoms with van der Waals surface area (Å²) < 4.78 is 5.64. The van der Waals surface area contributed by atoms with E-state index in [0.717, 1.165) is 28.2 Å². The second kappa shape index (κ2) is 8.12. The maximum atomic E-state index is 12.2. The maximum absolute atomic E-state index is 12.2. The monoisotopic (exact) mass is 367 g/mol. The van der Waals surface area contributed by atoms with Gasteiger partial charge in [-0.05, 0) is 24.1 Å². The lowest BCUT2D eigenvalue weighted by Crippen LogP contribution is -2.50. The van der Waals surface area contributed by atoms with Crippen LogP contribution in [0.3, 0.4) is 0 Å². The van der Waals surface area contributed by atoms with Gasteiger partial charge < -0.3 is 20.4 Å². The third-order valence-corrected chi connectivity index (χ3v) is 4.91. The number of nitrogens with one attached hydrogen (secondary N) is 3. The SMILES string of the molecule is CCC(C)C(NC(=O)COc1ccc2c(c1)[nH]c1ccccc12)C(=O)NC. The lowest BCUT2D eigenvalue weighted by atomic mass is 9.98. The second-order valence-corrected chi connectivity index (χ2v) is 6.71. The van der Waals surface area contributed by atoms with E-state index in [0.29, 0.717) is 5.75 Å². The number of para-hydroxylation sites is 1. The van der Waals surface area contributed by atoms with E-state index in [1.807, 2.05) is 50.2 Å². The number of hydrogen-bond donors (Lipinski definition) is 3. The lowest BCUT2D eigenvalue weighted by Gasteiger charge is -2.22. The molecule has 1 aromatic heterocycles. The van der Waals surface area contributed by atoms with Crippen molar-refractivity contribution in [3.8, 4) is 5.75 Å². The van der Waals surface area contributed by atoms with Crippen molar-refractivity contribution in [3.63, 3.8) is 0 Å². The number of H-pyrrole nitrogens is 1. The van der Waals surface area contributed by atoms with Crippen LogP contribution in [0.25, 0.3) is 21.8 Å². The lowest BCUT2D eigenvalue weighted by molar-refractivity contribution is -0.130. The Morgan fingerprint density at radius 2 is 1.85 bits per heavy atom. The molecule has 2 unspecified atom stereocenters. The molecule has 0 saturated heterocycles. The summed E-state index contributed by atoms with van der Waals surface area (Å²) in [4.78, 5) is 27.6. The fourth-order valence-electron chi connectivity index (χ4n) is 3.14. The van der Waals surface area contributed by atoms with Crippen molar-refractivity contribution in [2.75, 3.05) is 13.7 Å². The van der Waals surface area contributed by atoms with Crippen LogP contribution in [-0.4, -0.2) is 36.5 Å². The zero-order chi connectivity index (χ0) is 19.4. The number of likely N-dealkylation sites (N-methyl/N-ethyl adjacent to an activating group) is 1. The van der Waals surface area contributed by atoms with Crippen molar-refractivity contribution in [2.24, 2.45) is 5.92 Å². The summed E-state index contributed by atoms with van der Waals surface area (Å²) in [6.45, 7) is 3.78. The van der Waals surface area contributed by atoms with Gasteiger partial charge in [-0.3, -0.25) is 9.59 Å². The molecule has 0 aliphatic heterocycles. The van der Waals surface area contributed by atoms with Gasteiger partial charge in [0.05, 0.1) is 5.52 Å². The van der Waals surface area contributed by atoms with Crippen LogP contribution < -0.4 is 15.4 Å². The number of ether oxygens (including phenoxy) is 1.